The summed E-state index contributed by atoms with van der Waals surface area (Å²) in [4.78, 5) is 35.9. The Kier molecular flexibility index (Phi) is 7.92. The lowest BCUT2D eigenvalue weighted by atomic mass is 9.45. The lowest BCUT2D eigenvalue weighted by molar-refractivity contribution is -0.183. The molecular weight excluding hydrogens is 456 g/mol. The lowest BCUT2D eigenvalue weighted by Crippen LogP contribution is -2.58. The van der Waals surface area contributed by atoms with Gasteiger partial charge < -0.3 is 14.2 Å². The Morgan fingerprint density at radius 2 is 1.69 bits per heavy atom. The zero-order valence-electron chi connectivity index (χ0n) is 23.1. The van der Waals surface area contributed by atoms with Crippen LogP contribution in [0.5, 0.6) is 0 Å². The Morgan fingerprint density at radius 3 is 2.36 bits per heavy atom. The van der Waals surface area contributed by atoms with Crippen LogP contribution in [0.2, 0.25) is 0 Å². The van der Waals surface area contributed by atoms with Crippen LogP contribution in [0.3, 0.4) is 0 Å². The molecule has 3 saturated carbocycles. The molecule has 0 unspecified atom stereocenters. The average Bonchev–Trinajstić information content (AvgIpc) is 3.16. The van der Waals surface area contributed by atoms with Crippen LogP contribution in [0, 0.1) is 46.3 Å². The molecule has 202 valence electrons. The van der Waals surface area contributed by atoms with Crippen LogP contribution < -0.4 is 0 Å². The van der Waals surface area contributed by atoms with Crippen LogP contribution in [0.4, 0.5) is 0 Å². The van der Waals surface area contributed by atoms with E-state index in [1.54, 1.807) is 0 Å². The highest BCUT2D eigenvalue weighted by molar-refractivity contribution is 5.69. The number of hydrogen-bond donors (Lipinski definition) is 0. The fourth-order valence-corrected chi connectivity index (χ4v) is 8.98. The largest absolute Gasteiger partial charge is 0.466 e. The van der Waals surface area contributed by atoms with Gasteiger partial charge in [-0.2, -0.15) is 0 Å². The van der Waals surface area contributed by atoms with Crippen LogP contribution >= 0.6 is 0 Å². The molecule has 0 aliphatic heterocycles. The van der Waals surface area contributed by atoms with Gasteiger partial charge in [0.25, 0.3) is 0 Å². The maximum Gasteiger partial charge on any atom is 0.305 e. The third kappa shape index (κ3) is 4.86. The summed E-state index contributed by atoms with van der Waals surface area (Å²) < 4.78 is 17.0. The van der Waals surface area contributed by atoms with Crippen molar-refractivity contribution in [2.45, 2.75) is 105 Å². The molecule has 0 saturated heterocycles. The molecule has 0 aromatic heterocycles. The summed E-state index contributed by atoms with van der Waals surface area (Å²) in [6.07, 6.45) is 11.9. The van der Waals surface area contributed by atoms with Gasteiger partial charge in [-0.3, -0.25) is 14.4 Å². The minimum atomic E-state index is -0.199. The van der Waals surface area contributed by atoms with Gasteiger partial charge in [0.2, 0.25) is 0 Å². The summed E-state index contributed by atoms with van der Waals surface area (Å²) in [5.74, 6) is 1.99. The van der Waals surface area contributed by atoms with Crippen molar-refractivity contribution in [1.82, 2.24) is 0 Å². The van der Waals surface area contributed by atoms with Crippen molar-refractivity contribution in [3.05, 3.63) is 12.2 Å². The number of ether oxygens (including phenoxy) is 3. The van der Waals surface area contributed by atoms with Crippen LogP contribution in [-0.4, -0.2) is 36.7 Å². The lowest BCUT2D eigenvalue weighted by Gasteiger charge is -2.61. The van der Waals surface area contributed by atoms with E-state index in [2.05, 4.69) is 32.9 Å². The van der Waals surface area contributed by atoms with E-state index in [1.165, 1.54) is 13.8 Å². The van der Waals surface area contributed by atoms with E-state index in [4.69, 9.17) is 14.2 Å². The van der Waals surface area contributed by atoms with Gasteiger partial charge in [-0.25, -0.2) is 0 Å². The molecule has 10 atom stereocenters. The number of fused-ring (bicyclic) bond motifs is 5. The first-order chi connectivity index (χ1) is 17.0. The summed E-state index contributed by atoms with van der Waals surface area (Å²) >= 11 is 0. The Bertz CT molecular complexity index is 881. The van der Waals surface area contributed by atoms with Crippen molar-refractivity contribution < 1.29 is 28.6 Å². The second-order valence-corrected chi connectivity index (χ2v) is 12.5. The second kappa shape index (κ2) is 10.5. The maximum absolute atomic E-state index is 12.3. The molecule has 0 heterocycles. The molecule has 0 spiro atoms. The van der Waals surface area contributed by atoms with E-state index in [-0.39, 0.29) is 40.9 Å². The van der Waals surface area contributed by atoms with Gasteiger partial charge in [-0.1, -0.05) is 32.9 Å². The second-order valence-electron chi connectivity index (χ2n) is 12.5. The Labute approximate surface area is 216 Å². The predicted octanol–water partition coefficient (Wildman–Crippen LogP) is 5.87. The van der Waals surface area contributed by atoms with E-state index < -0.39 is 0 Å². The van der Waals surface area contributed by atoms with Gasteiger partial charge >= 0.3 is 17.9 Å². The molecule has 4 aliphatic rings. The summed E-state index contributed by atoms with van der Waals surface area (Å²) in [5.41, 5.74) is 0.00675. The maximum atomic E-state index is 12.3. The highest BCUT2D eigenvalue weighted by Crippen LogP contribution is 2.67. The number of carbonyl (C=O) groups excluding carboxylic acids is 3. The third-order valence-corrected chi connectivity index (χ3v) is 10.7. The quantitative estimate of drug-likeness (QED) is 0.246. The molecule has 6 nitrogen and oxygen atoms in total. The zero-order chi connectivity index (χ0) is 26.3. The molecule has 6 heteroatoms. The molecule has 0 bridgehead atoms. The predicted molar refractivity (Wildman–Crippen MR) is 137 cm³/mol. The Balaban J connectivity index is 1.59. The van der Waals surface area contributed by atoms with Crippen molar-refractivity contribution in [2.75, 3.05) is 6.61 Å². The fourth-order valence-electron chi connectivity index (χ4n) is 8.98. The number of hydrogen-bond acceptors (Lipinski definition) is 6. The smallest absolute Gasteiger partial charge is 0.305 e. The highest BCUT2D eigenvalue weighted by atomic mass is 16.5. The van der Waals surface area contributed by atoms with E-state index in [0.29, 0.717) is 48.5 Å². The first kappa shape index (κ1) is 27.2. The molecule has 4 aliphatic carbocycles. The summed E-state index contributed by atoms with van der Waals surface area (Å²) in [6.45, 7) is 12.3. The van der Waals surface area contributed by atoms with E-state index in [9.17, 15) is 14.4 Å². The monoisotopic (exact) mass is 502 g/mol. The van der Waals surface area contributed by atoms with Crippen molar-refractivity contribution in [2.24, 2.45) is 46.3 Å². The molecule has 36 heavy (non-hydrogen) atoms. The summed E-state index contributed by atoms with van der Waals surface area (Å²) in [6, 6.07) is 0. The first-order valence-electron chi connectivity index (χ1n) is 14.2. The minimum Gasteiger partial charge on any atom is -0.466 e. The van der Waals surface area contributed by atoms with Gasteiger partial charge in [0.15, 0.2) is 0 Å². The number of allylic oxidation sites excluding steroid dienone is 2. The van der Waals surface area contributed by atoms with Crippen molar-refractivity contribution in [1.29, 1.82) is 0 Å². The molecule has 0 amide bonds. The van der Waals surface area contributed by atoms with Gasteiger partial charge in [-0.15, -0.1) is 0 Å². The molecule has 0 aromatic rings. The Hall–Kier alpha value is -1.85. The Morgan fingerprint density at radius 1 is 0.972 bits per heavy atom. The van der Waals surface area contributed by atoms with Crippen LogP contribution in [-0.2, 0) is 28.6 Å². The first-order valence-corrected chi connectivity index (χ1v) is 14.2. The minimum absolute atomic E-state index is 0.00370. The summed E-state index contributed by atoms with van der Waals surface area (Å²) in [5, 5.41) is 0. The van der Waals surface area contributed by atoms with Gasteiger partial charge in [0.05, 0.1) is 6.61 Å². The zero-order valence-corrected chi connectivity index (χ0v) is 23.1. The third-order valence-electron chi connectivity index (χ3n) is 10.7. The molecule has 4 rings (SSSR count). The molecule has 0 radical (unpaired) electrons. The van der Waals surface area contributed by atoms with Crippen LogP contribution in [0.15, 0.2) is 12.2 Å². The van der Waals surface area contributed by atoms with Crippen molar-refractivity contribution in [3.63, 3.8) is 0 Å². The molecule has 0 N–H and O–H groups in total. The van der Waals surface area contributed by atoms with E-state index in [1.807, 2.05) is 6.92 Å². The standard InChI is InChI=1S/C30H46O6/c1-7-34-28(33)13-8-18(2)24-11-12-25-23-10-9-21-16-22(35-19(3)31)14-15-29(21,5)26(23)17-27(30(24,25)6)36-20(4)32/h9-10,18,21-27H,7-8,11-17H2,1-6H3/t18-,21-,22+,23-,24-,25-,26+,27+,29+,30-/m1/s1. The topological polar surface area (TPSA) is 78.9 Å². The van der Waals surface area contributed by atoms with Gasteiger partial charge in [0.1, 0.15) is 12.2 Å². The normalized spacial score (nSPS) is 41.9. The van der Waals surface area contributed by atoms with Crippen molar-refractivity contribution >= 4 is 17.9 Å². The average molecular weight is 503 g/mol. The number of esters is 3. The number of carbonyl (C=O) groups is 3. The van der Waals surface area contributed by atoms with Crippen LogP contribution in [0.25, 0.3) is 0 Å². The molecule has 3 fully saturated rings. The van der Waals surface area contributed by atoms with E-state index in [0.717, 1.165) is 44.9 Å². The number of rotatable bonds is 7. The highest BCUT2D eigenvalue weighted by Gasteiger charge is 2.64. The van der Waals surface area contributed by atoms with Crippen molar-refractivity contribution in [3.8, 4) is 0 Å². The molecule has 0 aromatic carbocycles. The van der Waals surface area contributed by atoms with Gasteiger partial charge in [-0.05, 0) is 92.8 Å². The van der Waals surface area contributed by atoms with Crippen LogP contribution in [0.1, 0.15) is 92.9 Å². The fraction of sp³-hybridized carbons (Fsp3) is 0.833. The summed E-state index contributed by atoms with van der Waals surface area (Å²) in [7, 11) is 0. The van der Waals surface area contributed by atoms with E-state index >= 15 is 0 Å². The molecular formula is C30H46O6. The SMILES string of the molecule is CCOC(=O)CC[C@@H](C)[C@H]1CC[C@@H]2[C@H]3C=C[C@@H]4C[C@@H](OC(C)=O)CC[C@]4(C)[C@H]3C[C@H](OC(C)=O)[C@@]21C. The van der Waals surface area contributed by atoms with Gasteiger partial charge in [0, 0.05) is 25.7 Å².